The van der Waals surface area contributed by atoms with Crippen molar-refractivity contribution < 1.29 is 37.3 Å². The molecule has 2 aromatic carbocycles. The van der Waals surface area contributed by atoms with Crippen LogP contribution in [0.4, 0.5) is 11.4 Å². The topological polar surface area (TPSA) is 196 Å². The van der Waals surface area contributed by atoms with Crippen molar-refractivity contribution in [1.82, 2.24) is 19.8 Å². The number of carbonyl (C=O) groups excluding carboxylic acids is 5. The molecular weight excluding hydrogens is 620 g/mol. The monoisotopic (exact) mass is 652 g/mol. The Kier molecular flexibility index (Phi) is 8.33. The molecule has 242 valence electrons. The van der Waals surface area contributed by atoms with Gasteiger partial charge in [0.2, 0.25) is 27.7 Å². The molecule has 16 heteroatoms. The maximum absolute atomic E-state index is 13.5. The lowest BCUT2D eigenvalue weighted by Crippen LogP contribution is -2.54. The molecule has 3 fully saturated rings. The fourth-order valence-electron chi connectivity index (χ4n) is 6.59. The van der Waals surface area contributed by atoms with Gasteiger partial charge in [0.1, 0.15) is 6.04 Å². The minimum absolute atomic E-state index is 0.0221. The van der Waals surface area contributed by atoms with E-state index >= 15 is 0 Å². The third-order valence-electron chi connectivity index (χ3n) is 9.14. The third kappa shape index (κ3) is 5.73. The molecule has 2 aromatic rings. The van der Waals surface area contributed by atoms with Gasteiger partial charge in [0, 0.05) is 56.7 Å². The van der Waals surface area contributed by atoms with Crippen LogP contribution in [0, 0.1) is 16.0 Å². The van der Waals surface area contributed by atoms with Crippen LogP contribution in [0.1, 0.15) is 59.2 Å². The second-order valence-corrected chi connectivity index (χ2v) is 13.8. The van der Waals surface area contributed by atoms with Crippen molar-refractivity contribution >= 4 is 50.9 Å². The van der Waals surface area contributed by atoms with Gasteiger partial charge in [-0.15, -0.1) is 0 Å². The molecule has 0 bridgehead atoms. The number of amides is 5. The number of carbonyl (C=O) groups is 5. The van der Waals surface area contributed by atoms with E-state index in [-0.39, 0.29) is 65.5 Å². The summed E-state index contributed by atoms with van der Waals surface area (Å²) in [6, 6.07) is 8.48. The van der Waals surface area contributed by atoms with Crippen LogP contribution in [0.15, 0.2) is 47.4 Å². The molecule has 2 N–H and O–H groups in total. The third-order valence-corrected chi connectivity index (χ3v) is 11.1. The highest BCUT2D eigenvalue weighted by Crippen LogP contribution is 2.36. The minimum Gasteiger partial charge on any atom is -0.371 e. The molecule has 0 aromatic heterocycles. The van der Waals surface area contributed by atoms with E-state index in [9.17, 15) is 42.5 Å². The first kappa shape index (κ1) is 31.3. The zero-order chi connectivity index (χ0) is 32.7. The highest BCUT2D eigenvalue weighted by molar-refractivity contribution is 7.89. The minimum atomic E-state index is -3.82. The lowest BCUT2D eigenvalue weighted by molar-refractivity contribution is -0.384. The van der Waals surface area contributed by atoms with Gasteiger partial charge < -0.3 is 10.2 Å². The molecule has 0 saturated carbocycles. The van der Waals surface area contributed by atoms with Gasteiger partial charge in [0.05, 0.1) is 26.6 Å². The Morgan fingerprint density at radius 1 is 0.891 bits per heavy atom. The van der Waals surface area contributed by atoms with Crippen LogP contribution in [0.3, 0.4) is 0 Å². The Hall–Kier alpha value is -4.70. The Balaban J connectivity index is 1.03. The van der Waals surface area contributed by atoms with Crippen molar-refractivity contribution in [3.05, 3.63) is 63.7 Å². The van der Waals surface area contributed by atoms with Gasteiger partial charge in [-0.05, 0) is 56.4 Å². The lowest BCUT2D eigenvalue weighted by Gasteiger charge is -2.36. The maximum Gasteiger partial charge on any atom is 0.269 e. The van der Waals surface area contributed by atoms with E-state index < -0.39 is 44.6 Å². The van der Waals surface area contributed by atoms with Crippen LogP contribution in [-0.2, 0) is 24.4 Å². The van der Waals surface area contributed by atoms with Crippen LogP contribution in [0.5, 0.6) is 0 Å². The van der Waals surface area contributed by atoms with E-state index in [1.54, 1.807) is 18.2 Å². The zero-order valence-corrected chi connectivity index (χ0v) is 25.5. The highest BCUT2D eigenvalue weighted by atomic mass is 32.2. The molecule has 15 nitrogen and oxygen atoms in total. The molecule has 4 heterocycles. The predicted molar refractivity (Wildman–Crippen MR) is 161 cm³/mol. The van der Waals surface area contributed by atoms with E-state index in [0.717, 1.165) is 17.0 Å². The molecule has 4 aliphatic rings. The molecule has 1 unspecified atom stereocenters. The molecule has 6 rings (SSSR count). The van der Waals surface area contributed by atoms with E-state index in [1.165, 1.54) is 16.4 Å². The second kappa shape index (κ2) is 12.2. The number of non-ortho nitro benzene ring substituents is 1. The number of nitrogens with one attached hydrogen (secondary N) is 2. The molecule has 0 spiro atoms. The number of nitrogens with zero attached hydrogens (tertiary/aromatic N) is 4. The first-order chi connectivity index (χ1) is 22.0. The predicted octanol–water partition coefficient (Wildman–Crippen LogP) is 1.18. The summed E-state index contributed by atoms with van der Waals surface area (Å²) in [5, 5.41) is 16.1. The summed E-state index contributed by atoms with van der Waals surface area (Å²) < 4.78 is 27.4. The highest BCUT2D eigenvalue weighted by Gasteiger charge is 2.46. The van der Waals surface area contributed by atoms with E-state index in [2.05, 4.69) is 10.6 Å². The van der Waals surface area contributed by atoms with Crippen molar-refractivity contribution in [3.8, 4) is 0 Å². The number of sulfonamides is 1. The Bertz CT molecular complexity index is 1730. The van der Waals surface area contributed by atoms with E-state index in [1.807, 2.05) is 4.90 Å². The Morgan fingerprint density at radius 2 is 1.57 bits per heavy atom. The number of benzene rings is 2. The first-order valence-electron chi connectivity index (χ1n) is 15.1. The normalized spacial score (nSPS) is 21.7. The fraction of sp³-hybridized carbons (Fsp3) is 0.433. The van der Waals surface area contributed by atoms with Crippen molar-refractivity contribution in [2.24, 2.45) is 5.92 Å². The van der Waals surface area contributed by atoms with E-state index in [0.29, 0.717) is 44.5 Å². The number of imide groups is 2. The van der Waals surface area contributed by atoms with Gasteiger partial charge in [-0.25, -0.2) is 8.42 Å². The second-order valence-electron chi connectivity index (χ2n) is 11.8. The average Bonchev–Trinajstić information content (AvgIpc) is 3.30. The Labute approximate surface area is 264 Å². The van der Waals surface area contributed by atoms with Crippen LogP contribution in [0.2, 0.25) is 0 Å². The SMILES string of the molecule is O=C1CCC(N2C(=O)c3cccc(N4CCC(C(=O)NC5CCN(S(=O)(=O)c6ccc([N+](=O)[O-])cc6)CC5)CC4)c3C2=O)C(=O)N1. The summed E-state index contributed by atoms with van der Waals surface area (Å²) in [4.78, 5) is 77.0. The molecule has 3 saturated heterocycles. The van der Waals surface area contributed by atoms with Crippen molar-refractivity contribution in [2.75, 3.05) is 31.1 Å². The smallest absolute Gasteiger partial charge is 0.269 e. The summed E-state index contributed by atoms with van der Waals surface area (Å²) in [5.74, 6) is -2.67. The van der Waals surface area contributed by atoms with Crippen LogP contribution in [0.25, 0.3) is 0 Å². The molecule has 4 aliphatic heterocycles. The molecule has 46 heavy (non-hydrogen) atoms. The molecule has 0 radical (unpaired) electrons. The maximum atomic E-state index is 13.5. The van der Waals surface area contributed by atoms with Gasteiger partial charge in [-0.3, -0.25) is 44.3 Å². The van der Waals surface area contributed by atoms with Crippen LogP contribution < -0.4 is 15.5 Å². The van der Waals surface area contributed by atoms with Gasteiger partial charge in [-0.2, -0.15) is 4.31 Å². The summed E-state index contributed by atoms with van der Waals surface area (Å²) in [6.07, 6.45) is 1.95. The van der Waals surface area contributed by atoms with Crippen LogP contribution in [-0.4, -0.2) is 90.3 Å². The number of rotatable bonds is 7. The number of nitro benzene ring substituents is 1. The Morgan fingerprint density at radius 3 is 2.20 bits per heavy atom. The first-order valence-corrected chi connectivity index (χ1v) is 16.5. The summed E-state index contributed by atoms with van der Waals surface area (Å²) in [7, 11) is -3.82. The number of hydrogen-bond acceptors (Lipinski definition) is 10. The standard InChI is InChI=1S/C30H32N6O9S/c37-25-9-8-24(28(39)32-25)35-29(40)22-2-1-3-23(26(22)30(35)41)33-14-10-18(11-15-33)27(38)31-19-12-16-34(17-13-19)46(44,45)21-6-4-20(5-7-21)36(42)43/h1-7,18-19,24H,8-17H2,(H,31,38)(H,32,37,39). The zero-order valence-electron chi connectivity index (χ0n) is 24.7. The number of nitro groups is 1. The van der Waals surface area contributed by atoms with Gasteiger partial charge >= 0.3 is 0 Å². The van der Waals surface area contributed by atoms with Gasteiger partial charge in [0.15, 0.2) is 0 Å². The number of anilines is 1. The fourth-order valence-corrected chi connectivity index (χ4v) is 8.06. The number of fused-ring (bicyclic) bond motifs is 1. The molecule has 5 amide bonds. The molecule has 0 aliphatic carbocycles. The van der Waals surface area contributed by atoms with Crippen molar-refractivity contribution in [3.63, 3.8) is 0 Å². The van der Waals surface area contributed by atoms with Gasteiger partial charge in [0.25, 0.3) is 17.5 Å². The molecule has 1 atom stereocenters. The van der Waals surface area contributed by atoms with Crippen LogP contribution >= 0.6 is 0 Å². The van der Waals surface area contributed by atoms with E-state index in [4.69, 9.17) is 0 Å². The summed E-state index contributed by atoms with van der Waals surface area (Å²) in [6.45, 7) is 1.32. The quantitative estimate of drug-likeness (QED) is 0.249. The number of hydrogen-bond donors (Lipinski definition) is 2. The average molecular weight is 653 g/mol. The van der Waals surface area contributed by atoms with Crippen molar-refractivity contribution in [2.45, 2.75) is 55.5 Å². The lowest BCUT2D eigenvalue weighted by atomic mass is 9.93. The summed E-state index contributed by atoms with van der Waals surface area (Å²) in [5.41, 5.74) is 0.787. The summed E-state index contributed by atoms with van der Waals surface area (Å²) >= 11 is 0. The molecular formula is C30H32N6O9S. The number of piperidine rings is 3. The van der Waals surface area contributed by atoms with Gasteiger partial charge in [-0.1, -0.05) is 6.07 Å². The van der Waals surface area contributed by atoms with Crippen molar-refractivity contribution in [1.29, 1.82) is 0 Å². The largest absolute Gasteiger partial charge is 0.371 e.